The topological polar surface area (TPSA) is 88.1 Å². The highest BCUT2D eigenvalue weighted by atomic mass is 32.1. The summed E-state index contributed by atoms with van der Waals surface area (Å²) in [6.07, 6.45) is -3.11. The Morgan fingerprint density at radius 3 is 2.55 bits per heavy atom. The van der Waals surface area contributed by atoms with Gasteiger partial charge < -0.3 is 10.2 Å². The van der Waals surface area contributed by atoms with Gasteiger partial charge in [-0.1, -0.05) is 6.07 Å². The number of nitrogens with zero attached hydrogens (tertiary/aromatic N) is 4. The Morgan fingerprint density at radius 1 is 1.21 bits per heavy atom. The first kappa shape index (κ1) is 24.8. The number of carbonyl (C=O) groups is 2. The van der Waals surface area contributed by atoms with Crippen molar-refractivity contribution >= 4 is 45.8 Å². The molecule has 0 saturated carbocycles. The van der Waals surface area contributed by atoms with E-state index in [-0.39, 0.29) is 19.4 Å². The molecule has 3 aromatic rings. The zero-order valence-corrected chi connectivity index (χ0v) is 19.8. The van der Waals surface area contributed by atoms with Gasteiger partial charge in [-0.05, 0) is 32.4 Å². The first-order chi connectivity index (χ1) is 15.6. The molecule has 0 bridgehead atoms. The molecule has 7 nitrogen and oxygen atoms in total. The predicted octanol–water partition coefficient (Wildman–Crippen LogP) is 5.07. The van der Waals surface area contributed by atoms with E-state index in [1.165, 1.54) is 0 Å². The number of nitrogens with one attached hydrogen (secondary N) is 1. The van der Waals surface area contributed by atoms with Crippen LogP contribution in [0.5, 0.6) is 0 Å². The molecule has 4 heterocycles. The lowest BCUT2D eigenvalue weighted by atomic mass is 10.0. The van der Waals surface area contributed by atoms with Crippen molar-refractivity contribution in [1.29, 1.82) is 0 Å². The lowest BCUT2D eigenvalue weighted by Gasteiger charge is -2.32. The maximum atomic E-state index is 12.2. The number of rotatable bonds is 4. The lowest BCUT2D eigenvalue weighted by Crippen LogP contribution is -2.50. The molecule has 33 heavy (non-hydrogen) atoms. The summed E-state index contributed by atoms with van der Waals surface area (Å²) in [7, 11) is 0. The predicted molar refractivity (Wildman–Crippen MR) is 122 cm³/mol. The van der Waals surface area contributed by atoms with Crippen LogP contribution in [-0.2, 0) is 9.59 Å². The molecular formula is C21H22F3N5O2S2. The van der Waals surface area contributed by atoms with Crippen LogP contribution in [0.4, 0.5) is 24.1 Å². The minimum Gasteiger partial charge on any atom is -0.332 e. The Labute approximate surface area is 196 Å². The van der Waals surface area contributed by atoms with Crippen LogP contribution in [0.1, 0.15) is 29.1 Å². The summed E-state index contributed by atoms with van der Waals surface area (Å²) in [4.78, 5) is 36.1. The van der Waals surface area contributed by atoms with Crippen molar-refractivity contribution < 1.29 is 22.8 Å². The second-order valence-electron chi connectivity index (χ2n) is 7.42. The summed E-state index contributed by atoms with van der Waals surface area (Å²) >= 11 is 3.26. The molecule has 1 aliphatic rings. The monoisotopic (exact) mass is 497 g/mol. The number of pyridine rings is 1. The van der Waals surface area contributed by atoms with Gasteiger partial charge >= 0.3 is 6.18 Å². The van der Waals surface area contributed by atoms with Gasteiger partial charge in [-0.3, -0.25) is 9.59 Å². The van der Waals surface area contributed by atoms with E-state index in [2.05, 4.69) is 25.6 Å². The number of halogens is 3. The van der Waals surface area contributed by atoms with Crippen LogP contribution in [0.15, 0.2) is 23.7 Å². The summed E-state index contributed by atoms with van der Waals surface area (Å²) in [6.45, 7) is 5.93. The third kappa shape index (κ3) is 6.57. The van der Waals surface area contributed by atoms with Gasteiger partial charge in [0.2, 0.25) is 6.41 Å². The van der Waals surface area contributed by atoms with Crippen molar-refractivity contribution in [1.82, 2.24) is 19.9 Å². The molecule has 176 valence electrons. The number of amides is 1. The zero-order chi connectivity index (χ0) is 24.2. The Kier molecular flexibility index (Phi) is 7.80. The summed E-state index contributed by atoms with van der Waals surface area (Å²) < 4.78 is 36.6. The normalized spacial score (nSPS) is 16.2. The maximum absolute atomic E-state index is 12.2. The highest BCUT2D eigenvalue weighted by Crippen LogP contribution is 2.33. The van der Waals surface area contributed by atoms with Crippen molar-refractivity contribution in [3.8, 4) is 10.6 Å². The van der Waals surface area contributed by atoms with Gasteiger partial charge in [-0.15, -0.1) is 22.7 Å². The number of aromatic nitrogens is 3. The SMILES string of the molecule is Cc1ccc(Nc2nc(-c3sc(C)nc3C)cs2)nc1.O=CN1CCC(=O)CC1C(F)(F)F. The maximum Gasteiger partial charge on any atom is 0.409 e. The van der Waals surface area contributed by atoms with Crippen molar-refractivity contribution in [3.05, 3.63) is 40.0 Å². The molecule has 12 heteroatoms. The highest BCUT2D eigenvalue weighted by molar-refractivity contribution is 7.16. The minimum absolute atomic E-state index is 0.0192. The van der Waals surface area contributed by atoms with E-state index >= 15 is 0 Å². The first-order valence-corrected chi connectivity index (χ1v) is 11.7. The van der Waals surface area contributed by atoms with Gasteiger partial charge in [0.1, 0.15) is 17.6 Å². The Balaban J connectivity index is 0.000000205. The van der Waals surface area contributed by atoms with E-state index in [0.29, 0.717) is 4.90 Å². The smallest absolute Gasteiger partial charge is 0.332 e. The summed E-state index contributed by atoms with van der Waals surface area (Å²) in [6, 6.07) is 2.06. The Bertz CT molecular complexity index is 1110. The number of thiazole rings is 2. The first-order valence-electron chi connectivity index (χ1n) is 9.96. The van der Waals surface area contributed by atoms with E-state index in [1.54, 1.807) is 22.7 Å². The molecule has 3 aromatic heterocycles. The van der Waals surface area contributed by atoms with Crippen molar-refractivity contribution in [2.24, 2.45) is 0 Å². The fourth-order valence-electron chi connectivity index (χ4n) is 3.13. The average molecular weight is 498 g/mol. The fraction of sp³-hybridized carbons (Fsp3) is 0.381. The molecule has 4 rings (SSSR count). The molecule has 1 amide bonds. The van der Waals surface area contributed by atoms with Crippen molar-refractivity contribution in [2.75, 3.05) is 11.9 Å². The third-order valence-electron chi connectivity index (χ3n) is 4.77. The fourth-order valence-corrected chi connectivity index (χ4v) is 4.79. The van der Waals surface area contributed by atoms with Crippen LogP contribution in [-0.4, -0.2) is 50.8 Å². The van der Waals surface area contributed by atoms with Gasteiger partial charge in [0.15, 0.2) is 5.13 Å². The van der Waals surface area contributed by atoms with Crippen LogP contribution < -0.4 is 5.32 Å². The Morgan fingerprint density at radius 2 is 1.97 bits per heavy atom. The summed E-state index contributed by atoms with van der Waals surface area (Å²) in [5, 5.41) is 7.20. The van der Waals surface area contributed by atoms with E-state index in [1.807, 2.05) is 39.1 Å². The van der Waals surface area contributed by atoms with Gasteiger partial charge in [-0.2, -0.15) is 13.2 Å². The summed E-state index contributed by atoms with van der Waals surface area (Å²) in [5.74, 6) is 0.370. The second kappa shape index (κ2) is 10.4. The molecule has 0 radical (unpaired) electrons. The Hall–Kier alpha value is -2.86. The number of piperidine rings is 1. The minimum atomic E-state index is -4.50. The van der Waals surface area contributed by atoms with E-state index in [0.717, 1.165) is 37.8 Å². The van der Waals surface area contributed by atoms with Crippen LogP contribution in [0.2, 0.25) is 0 Å². The number of aryl methyl sites for hydroxylation is 3. The molecule has 0 aromatic carbocycles. The van der Waals surface area contributed by atoms with Crippen LogP contribution in [0.25, 0.3) is 10.6 Å². The number of likely N-dealkylation sites (tertiary alicyclic amines) is 1. The van der Waals surface area contributed by atoms with Crippen LogP contribution >= 0.6 is 22.7 Å². The summed E-state index contributed by atoms with van der Waals surface area (Å²) in [5.41, 5.74) is 3.16. The second-order valence-corrected chi connectivity index (χ2v) is 9.49. The van der Waals surface area contributed by atoms with Crippen molar-refractivity contribution in [3.63, 3.8) is 0 Å². The molecule has 1 N–H and O–H groups in total. The molecule has 1 aliphatic heterocycles. The quantitative estimate of drug-likeness (QED) is 0.507. The molecule has 1 fully saturated rings. The molecule has 0 spiro atoms. The van der Waals surface area contributed by atoms with E-state index in [4.69, 9.17) is 0 Å². The molecule has 0 aliphatic carbocycles. The van der Waals surface area contributed by atoms with Gasteiger partial charge in [0.05, 0.1) is 21.3 Å². The molecule has 1 unspecified atom stereocenters. The molecule has 1 saturated heterocycles. The molecule has 1 atom stereocenters. The molecular weight excluding hydrogens is 475 g/mol. The van der Waals surface area contributed by atoms with Gasteiger partial charge in [-0.25, -0.2) is 15.0 Å². The lowest BCUT2D eigenvalue weighted by molar-refractivity contribution is -0.191. The zero-order valence-electron chi connectivity index (χ0n) is 18.1. The number of alkyl halides is 3. The number of Topliss-reactive ketones (excluding diaryl/α,β-unsaturated/α-hetero) is 1. The average Bonchev–Trinajstić information content (AvgIpc) is 3.35. The number of hydrogen-bond acceptors (Lipinski definition) is 8. The number of anilines is 2. The number of ketones is 1. The third-order valence-corrected chi connectivity index (χ3v) is 6.62. The standard InChI is InChI=1S/C14H14N4S2.C7H8F3NO2/c1-8-4-5-12(15-6-8)18-14-17-11(7-19-14)13-9(2)16-10(3)20-13;8-7(9,10)6-3-5(13)1-2-11(6)4-12/h4-7H,1-3H3,(H,15,17,18);4,6H,1-3H2. The van der Waals surface area contributed by atoms with Gasteiger partial charge in [0.25, 0.3) is 0 Å². The van der Waals surface area contributed by atoms with E-state index < -0.39 is 24.4 Å². The van der Waals surface area contributed by atoms with Crippen LogP contribution in [0.3, 0.4) is 0 Å². The highest BCUT2D eigenvalue weighted by Gasteiger charge is 2.46. The van der Waals surface area contributed by atoms with Gasteiger partial charge in [0, 0.05) is 31.0 Å². The van der Waals surface area contributed by atoms with Crippen molar-refractivity contribution in [2.45, 2.75) is 45.8 Å². The number of carbonyl (C=O) groups excluding carboxylic acids is 2. The van der Waals surface area contributed by atoms with Crippen LogP contribution in [0, 0.1) is 20.8 Å². The largest absolute Gasteiger partial charge is 0.409 e. The number of hydrogen-bond donors (Lipinski definition) is 1. The van der Waals surface area contributed by atoms with E-state index in [9.17, 15) is 22.8 Å².